The van der Waals surface area contributed by atoms with Gasteiger partial charge in [-0.25, -0.2) is 4.79 Å². The van der Waals surface area contributed by atoms with Crippen LogP contribution in [0.2, 0.25) is 0 Å². The van der Waals surface area contributed by atoms with Crippen molar-refractivity contribution < 1.29 is 14.6 Å². The van der Waals surface area contributed by atoms with Crippen molar-refractivity contribution in [1.29, 1.82) is 0 Å². The molecule has 96 valence electrons. The molecule has 0 radical (unpaired) electrons. The molecule has 1 atom stereocenters. The van der Waals surface area contributed by atoms with Crippen molar-refractivity contribution >= 4 is 5.97 Å². The standard InChI is InChI=1S/C12H20N2O3/c1-8(17-4)6-13-7-10-5-11(12(15)16)9(2)14(10)3/h5,8,13H,6-7H2,1-4H3,(H,15,16). The predicted molar refractivity (Wildman–Crippen MR) is 65.3 cm³/mol. The second-order valence-electron chi connectivity index (χ2n) is 4.18. The maximum atomic E-state index is 11.0. The van der Waals surface area contributed by atoms with E-state index in [1.54, 1.807) is 13.2 Å². The number of hydrogen-bond acceptors (Lipinski definition) is 3. The summed E-state index contributed by atoms with van der Waals surface area (Å²) in [5.74, 6) is -0.880. The second kappa shape index (κ2) is 5.84. The highest BCUT2D eigenvalue weighted by Gasteiger charge is 2.14. The predicted octanol–water partition coefficient (Wildman–Crippen LogP) is 1.16. The number of rotatable bonds is 6. The van der Waals surface area contributed by atoms with Gasteiger partial charge in [0.15, 0.2) is 0 Å². The molecule has 0 spiro atoms. The fraction of sp³-hybridized carbons (Fsp3) is 0.583. The van der Waals surface area contributed by atoms with Crippen molar-refractivity contribution in [3.05, 3.63) is 23.0 Å². The molecular weight excluding hydrogens is 220 g/mol. The lowest BCUT2D eigenvalue weighted by Gasteiger charge is -2.11. The Bertz CT molecular complexity index is 399. The van der Waals surface area contributed by atoms with E-state index in [2.05, 4.69) is 5.32 Å². The van der Waals surface area contributed by atoms with Crippen LogP contribution in [0.3, 0.4) is 0 Å². The molecule has 17 heavy (non-hydrogen) atoms. The van der Waals surface area contributed by atoms with Gasteiger partial charge in [0.1, 0.15) is 0 Å². The molecule has 0 aliphatic rings. The number of hydrogen-bond donors (Lipinski definition) is 2. The summed E-state index contributed by atoms with van der Waals surface area (Å²) < 4.78 is 7.02. The van der Waals surface area contributed by atoms with Crippen LogP contribution in [0.25, 0.3) is 0 Å². The molecule has 0 saturated heterocycles. The fourth-order valence-electron chi connectivity index (χ4n) is 1.64. The molecule has 0 aromatic carbocycles. The maximum Gasteiger partial charge on any atom is 0.337 e. The summed E-state index contributed by atoms with van der Waals surface area (Å²) in [6.07, 6.45) is 0.148. The number of ether oxygens (including phenoxy) is 1. The van der Waals surface area contributed by atoms with Gasteiger partial charge in [-0.05, 0) is 19.9 Å². The van der Waals surface area contributed by atoms with Gasteiger partial charge in [-0.3, -0.25) is 0 Å². The number of nitrogens with one attached hydrogen (secondary N) is 1. The monoisotopic (exact) mass is 240 g/mol. The molecule has 0 fully saturated rings. The third-order valence-electron chi connectivity index (χ3n) is 3.01. The first-order valence-corrected chi connectivity index (χ1v) is 5.59. The zero-order valence-electron chi connectivity index (χ0n) is 10.8. The number of aromatic carboxylic acids is 1. The molecule has 5 heteroatoms. The number of nitrogens with zero attached hydrogens (tertiary/aromatic N) is 1. The van der Waals surface area contributed by atoms with Crippen LogP contribution < -0.4 is 5.32 Å². The van der Waals surface area contributed by atoms with Crippen molar-refractivity contribution in [3.63, 3.8) is 0 Å². The molecular formula is C12H20N2O3. The van der Waals surface area contributed by atoms with Crippen LogP contribution in [0, 0.1) is 6.92 Å². The molecule has 5 nitrogen and oxygen atoms in total. The highest BCUT2D eigenvalue weighted by atomic mass is 16.5. The van der Waals surface area contributed by atoms with Crippen LogP contribution in [0.15, 0.2) is 6.07 Å². The number of carboxylic acid groups (broad SMARTS) is 1. The lowest BCUT2D eigenvalue weighted by Crippen LogP contribution is -2.26. The summed E-state index contributed by atoms with van der Waals surface area (Å²) in [7, 11) is 3.54. The van der Waals surface area contributed by atoms with Gasteiger partial charge in [0.05, 0.1) is 11.7 Å². The van der Waals surface area contributed by atoms with Crippen LogP contribution in [-0.2, 0) is 18.3 Å². The first-order chi connectivity index (χ1) is 7.97. The average molecular weight is 240 g/mol. The van der Waals surface area contributed by atoms with Gasteiger partial charge in [0.25, 0.3) is 0 Å². The molecule has 0 amide bonds. The summed E-state index contributed by atoms with van der Waals surface area (Å²) in [6, 6.07) is 1.71. The van der Waals surface area contributed by atoms with Crippen molar-refractivity contribution in [3.8, 4) is 0 Å². The van der Waals surface area contributed by atoms with E-state index in [9.17, 15) is 4.79 Å². The highest BCUT2D eigenvalue weighted by Crippen LogP contribution is 2.13. The molecule has 0 aliphatic carbocycles. The Balaban J connectivity index is 2.66. The highest BCUT2D eigenvalue weighted by molar-refractivity contribution is 5.89. The molecule has 1 heterocycles. The molecule has 1 unspecified atom stereocenters. The van der Waals surface area contributed by atoms with Gasteiger partial charge >= 0.3 is 5.97 Å². The van der Waals surface area contributed by atoms with Crippen LogP contribution in [0.1, 0.15) is 28.7 Å². The molecule has 0 aliphatic heterocycles. The van der Waals surface area contributed by atoms with E-state index in [0.717, 1.165) is 17.9 Å². The SMILES string of the molecule is COC(C)CNCc1cc(C(=O)O)c(C)n1C. The first-order valence-electron chi connectivity index (χ1n) is 5.59. The lowest BCUT2D eigenvalue weighted by atomic mass is 10.2. The Morgan fingerprint density at radius 3 is 2.76 bits per heavy atom. The second-order valence-corrected chi connectivity index (χ2v) is 4.18. The molecule has 0 saturated carbocycles. The quantitative estimate of drug-likeness (QED) is 0.783. The van der Waals surface area contributed by atoms with Crippen molar-refractivity contribution in [2.45, 2.75) is 26.5 Å². The van der Waals surface area contributed by atoms with E-state index < -0.39 is 5.97 Å². The van der Waals surface area contributed by atoms with Crippen LogP contribution >= 0.6 is 0 Å². The van der Waals surface area contributed by atoms with Crippen molar-refractivity contribution in [2.75, 3.05) is 13.7 Å². The summed E-state index contributed by atoms with van der Waals surface area (Å²) in [5, 5.41) is 12.2. The van der Waals surface area contributed by atoms with Crippen molar-refractivity contribution in [2.24, 2.45) is 7.05 Å². The normalized spacial score (nSPS) is 12.7. The van der Waals surface area contributed by atoms with Gasteiger partial charge in [0, 0.05) is 38.6 Å². The summed E-state index contributed by atoms with van der Waals surface area (Å²) in [6.45, 7) is 5.16. The summed E-state index contributed by atoms with van der Waals surface area (Å²) in [4.78, 5) is 11.0. The zero-order valence-corrected chi connectivity index (χ0v) is 10.8. The molecule has 1 rings (SSSR count). The van der Waals surface area contributed by atoms with Gasteiger partial charge < -0.3 is 19.7 Å². The third kappa shape index (κ3) is 3.31. The van der Waals surface area contributed by atoms with E-state index in [1.807, 2.05) is 25.5 Å². The minimum absolute atomic E-state index is 0.148. The number of aromatic nitrogens is 1. The molecule has 2 N–H and O–H groups in total. The molecule has 1 aromatic rings. The van der Waals surface area contributed by atoms with Crippen LogP contribution in [-0.4, -0.2) is 35.4 Å². The van der Waals surface area contributed by atoms with Crippen molar-refractivity contribution in [1.82, 2.24) is 9.88 Å². The largest absolute Gasteiger partial charge is 0.478 e. The smallest absolute Gasteiger partial charge is 0.337 e. The fourth-order valence-corrected chi connectivity index (χ4v) is 1.64. The third-order valence-corrected chi connectivity index (χ3v) is 3.01. The summed E-state index contributed by atoms with van der Waals surface area (Å²) in [5.41, 5.74) is 2.10. The van der Waals surface area contributed by atoms with Gasteiger partial charge in [0.2, 0.25) is 0 Å². The summed E-state index contributed by atoms with van der Waals surface area (Å²) >= 11 is 0. The van der Waals surface area contributed by atoms with Gasteiger partial charge in [-0.2, -0.15) is 0 Å². The maximum absolute atomic E-state index is 11.0. The molecule has 1 aromatic heterocycles. The van der Waals surface area contributed by atoms with Gasteiger partial charge in [-0.15, -0.1) is 0 Å². The topological polar surface area (TPSA) is 63.5 Å². The minimum atomic E-state index is -0.880. The first kappa shape index (κ1) is 13.7. The van der Waals surface area contributed by atoms with E-state index in [-0.39, 0.29) is 6.10 Å². The van der Waals surface area contributed by atoms with E-state index >= 15 is 0 Å². The average Bonchev–Trinajstić information content (AvgIpc) is 2.57. The van der Waals surface area contributed by atoms with Gasteiger partial charge in [-0.1, -0.05) is 0 Å². The number of carbonyl (C=O) groups is 1. The zero-order chi connectivity index (χ0) is 13.0. The van der Waals surface area contributed by atoms with E-state index in [4.69, 9.17) is 9.84 Å². The number of carboxylic acids is 1. The Morgan fingerprint density at radius 2 is 2.29 bits per heavy atom. The Kier molecular flexibility index (Phi) is 4.72. The van der Waals surface area contributed by atoms with E-state index in [1.165, 1.54) is 0 Å². The Morgan fingerprint density at radius 1 is 1.65 bits per heavy atom. The Hall–Kier alpha value is -1.33. The number of methoxy groups -OCH3 is 1. The Labute approximate surface area is 101 Å². The molecule has 0 bridgehead atoms. The minimum Gasteiger partial charge on any atom is -0.478 e. The van der Waals surface area contributed by atoms with Crippen LogP contribution in [0.5, 0.6) is 0 Å². The lowest BCUT2D eigenvalue weighted by molar-refractivity contribution is 0.0696. The van der Waals surface area contributed by atoms with Crippen LogP contribution in [0.4, 0.5) is 0 Å². The van der Waals surface area contributed by atoms with E-state index in [0.29, 0.717) is 12.1 Å².